The largest absolute Gasteiger partial charge is 0.497 e. The van der Waals surface area contributed by atoms with Crippen LogP contribution in [0.4, 0.5) is 0 Å². The summed E-state index contributed by atoms with van der Waals surface area (Å²) in [6.07, 6.45) is 1.39. The summed E-state index contributed by atoms with van der Waals surface area (Å²) in [6.45, 7) is 3.91. The van der Waals surface area contributed by atoms with Crippen LogP contribution < -0.4 is 10.1 Å². The highest BCUT2D eigenvalue weighted by molar-refractivity contribution is 5.76. The predicted molar refractivity (Wildman–Crippen MR) is 64.5 cm³/mol. The number of carbonyl (C=O) groups excluding carboxylic acids is 1. The van der Waals surface area contributed by atoms with Crippen molar-refractivity contribution in [3.05, 3.63) is 29.8 Å². The van der Waals surface area contributed by atoms with E-state index in [0.717, 1.165) is 17.7 Å². The molecule has 1 N–H and O–H groups in total. The van der Waals surface area contributed by atoms with Gasteiger partial charge in [0.05, 0.1) is 13.2 Å². The SMILES string of the molecule is CCC(=O)NC(CC)c1cccc(OC)c1. The van der Waals surface area contributed by atoms with Crippen molar-refractivity contribution < 1.29 is 9.53 Å². The molecular formula is C13H19NO2. The Hall–Kier alpha value is -1.51. The Labute approximate surface area is 96.8 Å². The number of hydrogen-bond acceptors (Lipinski definition) is 2. The van der Waals surface area contributed by atoms with Gasteiger partial charge in [-0.2, -0.15) is 0 Å². The van der Waals surface area contributed by atoms with Crippen molar-refractivity contribution in [3.8, 4) is 5.75 Å². The minimum absolute atomic E-state index is 0.0718. The molecule has 1 amide bonds. The van der Waals surface area contributed by atoms with Crippen LogP contribution in [0.1, 0.15) is 38.3 Å². The zero-order chi connectivity index (χ0) is 12.0. The molecule has 0 aliphatic rings. The molecule has 0 aliphatic carbocycles. The van der Waals surface area contributed by atoms with Crippen LogP contribution in [0.25, 0.3) is 0 Å². The number of benzene rings is 1. The monoisotopic (exact) mass is 221 g/mol. The van der Waals surface area contributed by atoms with Gasteiger partial charge in [0.25, 0.3) is 0 Å². The van der Waals surface area contributed by atoms with E-state index in [1.54, 1.807) is 7.11 Å². The summed E-state index contributed by atoms with van der Waals surface area (Å²) in [5.41, 5.74) is 1.09. The average molecular weight is 221 g/mol. The molecule has 0 bridgehead atoms. The van der Waals surface area contributed by atoms with Gasteiger partial charge in [-0.05, 0) is 24.1 Å². The highest BCUT2D eigenvalue weighted by Gasteiger charge is 2.11. The highest BCUT2D eigenvalue weighted by atomic mass is 16.5. The first-order valence-corrected chi connectivity index (χ1v) is 5.64. The molecule has 1 aromatic rings. The van der Waals surface area contributed by atoms with Crippen molar-refractivity contribution in [2.45, 2.75) is 32.7 Å². The van der Waals surface area contributed by atoms with Crippen molar-refractivity contribution in [2.24, 2.45) is 0 Å². The van der Waals surface area contributed by atoms with Crippen molar-refractivity contribution in [3.63, 3.8) is 0 Å². The van der Waals surface area contributed by atoms with Crippen LogP contribution in [0.3, 0.4) is 0 Å². The minimum atomic E-state index is 0.0718. The minimum Gasteiger partial charge on any atom is -0.497 e. The molecule has 1 rings (SSSR count). The topological polar surface area (TPSA) is 38.3 Å². The van der Waals surface area contributed by atoms with Crippen molar-refractivity contribution in [1.82, 2.24) is 5.32 Å². The lowest BCUT2D eigenvalue weighted by molar-refractivity contribution is -0.121. The number of methoxy groups -OCH3 is 1. The van der Waals surface area contributed by atoms with Crippen LogP contribution in [0.15, 0.2) is 24.3 Å². The number of rotatable bonds is 5. The maximum absolute atomic E-state index is 11.4. The Morgan fingerprint density at radius 3 is 2.75 bits per heavy atom. The first-order valence-electron chi connectivity index (χ1n) is 5.64. The van der Waals surface area contributed by atoms with Gasteiger partial charge in [0.15, 0.2) is 0 Å². The Bertz CT molecular complexity index is 350. The first-order chi connectivity index (χ1) is 7.71. The molecule has 1 atom stereocenters. The molecule has 0 saturated carbocycles. The number of ether oxygens (including phenoxy) is 1. The van der Waals surface area contributed by atoms with Crippen LogP contribution in [-0.2, 0) is 4.79 Å². The normalized spacial score (nSPS) is 11.9. The quantitative estimate of drug-likeness (QED) is 0.830. The summed E-state index contributed by atoms with van der Waals surface area (Å²) in [5, 5.41) is 2.99. The second kappa shape index (κ2) is 6.16. The Kier molecular flexibility index (Phi) is 4.83. The maximum atomic E-state index is 11.4. The van der Waals surface area contributed by atoms with E-state index in [0.29, 0.717) is 6.42 Å². The molecule has 0 saturated heterocycles. The van der Waals surface area contributed by atoms with Gasteiger partial charge < -0.3 is 10.1 Å². The van der Waals surface area contributed by atoms with Crippen LogP contribution in [0.2, 0.25) is 0 Å². The third-order valence-electron chi connectivity index (χ3n) is 2.56. The number of amides is 1. The third kappa shape index (κ3) is 3.26. The van der Waals surface area contributed by atoms with E-state index in [9.17, 15) is 4.79 Å². The van der Waals surface area contributed by atoms with E-state index < -0.39 is 0 Å². The fourth-order valence-corrected chi connectivity index (χ4v) is 1.58. The van der Waals surface area contributed by atoms with E-state index >= 15 is 0 Å². The van der Waals surface area contributed by atoms with E-state index in [1.165, 1.54) is 0 Å². The average Bonchev–Trinajstić information content (AvgIpc) is 2.35. The highest BCUT2D eigenvalue weighted by Crippen LogP contribution is 2.21. The first kappa shape index (κ1) is 12.6. The van der Waals surface area contributed by atoms with Gasteiger partial charge in [-0.15, -0.1) is 0 Å². The smallest absolute Gasteiger partial charge is 0.220 e. The summed E-state index contributed by atoms with van der Waals surface area (Å²) in [5.74, 6) is 0.899. The molecule has 0 fully saturated rings. The van der Waals surface area contributed by atoms with E-state index in [4.69, 9.17) is 4.74 Å². The molecule has 3 heteroatoms. The Morgan fingerprint density at radius 2 is 2.19 bits per heavy atom. The molecule has 0 heterocycles. The van der Waals surface area contributed by atoms with E-state index in [-0.39, 0.29) is 11.9 Å². The summed E-state index contributed by atoms with van der Waals surface area (Å²) >= 11 is 0. The number of hydrogen-bond donors (Lipinski definition) is 1. The maximum Gasteiger partial charge on any atom is 0.220 e. The van der Waals surface area contributed by atoms with Crippen molar-refractivity contribution in [1.29, 1.82) is 0 Å². The fraction of sp³-hybridized carbons (Fsp3) is 0.462. The standard InChI is InChI=1S/C13H19NO2/c1-4-12(14-13(15)5-2)10-7-6-8-11(9-10)16-3/h6-9,12H,4-5H2,1-3H3,(H,14,15). The van der Waals surface area contributed by atoms with Crippen molar-refractivity contribution in [2.75, 3.05) is 7.11 Å². The van der Waals surface area contributed by atoms with Gasteiger partial charge in [-0.3, -0.25) is 4.79 Å². The molecule has 1 unspecified atom stereocenters. The lowest BCUT2D eigenvalue weighted by Crippen LogP contribution is -2.27. The second-order valence-electron chi connectivity index (χ2n) is 3.66. The van der Waals surface area contributed by atoms with E-state index in [1.807, 2.05) is 31.2 Å². The second-order valence-corrected chi connectivity index (χ2v) is 3.66. The molecular weight excluding hydrogens is 202 g/mol. The molecule has 0 aliphatic heterocycles. The van der Waals surface area contributed by atoms with Gasteiger partial charge in [-0.25, -0.2) is 0 Å². The number of nitrogens with one attached hydrogen (secondary N) is 1. The fourth-order valence-electron chi connectivity index (χ4n) is 1.58. The van der Waals surface area contributed by atoms with Crippen LogP contribution in [-0.4, -0.2) is 13.0 Å². The van der Waals surface area contributed by atoms with Gasteiger partial charge >= 0.3 is 0 Å². The van der Waals surface area contributed by atoms with Gasteiger partial charge in [0, 0.05) is 6.42 Å². The molecule has 3 nitrogen and oxygen atoms in total. The van der Waals surface area contributed by atoms with Gasteiger partial charge in [0.1, 0.15) is 5.75 Å². The van der Waals surface area contributed by atoms with Gasteiger partial charge in [-0.1, -0.05) is 26.0 Å². The third-order valence-corrected chi connectivity index (χ3v) is 2.56. The Morgan fingerprint density at radius 1 is 1.44 bits per heavy atom. The number of carbonyl (C=O) groups is 1. The molecule has 0 spiro atoms. The summed E-state index contributed by atoms with van der Waals surface area (Å²) in [7, 11) is 1.64. The summed E-state index contributed by atoms with van der Waals surface area (Å²) < 4.78 is 5.17. The molecule has 1 aromatic carbocycles. The molecule has 0 radical (unpaired) electrons. The van der Waals surface area contributed by atoms with E-state index in [2.05, 4.69) is 12.2 Å². The zero-order valence-electron chi connectivity index (χ0n) is 10.1. The summed E-state index contributed by atoms with van der Waals surface area (Å²) in [4.78, 5) is 11.4. The van der Waals surface area contributed by atoms with Crippen LogP contribution in [0, 0.1) is 0 Å². The molecule has 16 heavy (non-hydrogen) atoms. The van der Waals surface area contributed by atoms with Gasteiger partial charge in [0.2, 0.25) is 5.91 Å². The zero-order valence-corrected chi connectivity index (χ0v) is 10.1. The lowest BCUT2D eigenvalue weighted by Gasteiger charge is -2.17. The molecule has 0 aromatic heterocycles. The lowest BCUT2D eigenvalue weighted by atomic mass is 10.0. The summed E-state index contributed by atoms with van der Waals surface area (Å²) in [6, 6.07) is 7.88. The predicted octanol–water partition coefficient (Wildman–Crippen LogP) is 2.67. The Balaban J connectivity index is 2.81. The van der Waals surface area contributed by atoms with Crippen LogP contribution >= 0.6 is 0 Å². The van der Waals surface area contributed by atoms with Crippen molar-refractivity contribution >= 4 is 5.91 Å². The van der Waals surface area contributed by atoms with Crippen LogP contribution in [0.5, 0.6) is 5.75 Å². The molecule has 88 valence electrons.